The number of nitrogens with zero attached hydrogens (tertiary/aromatic N) is 3. The van der Waals surface area contributed by atoms with Crippen molar-refractivity contribution in [1.29, 1.82) is 0 Å². The minimum absolute atomic E-state index is 0.708. The van der Waals surface area contributed by atoms with E-state index in [4.69, 9.17) is 23.2 Å². The van der Waals surface area contributed by atoms with Crippen LogP contribution in [0.5, 0.6) is 0 Å². The van der Waals surface area contributed by atoms with Gasteiger partial charge in [-0.25, -0.2) is 0 Å². The minimum Gasteiger partial charge on any atom is -0.294 e. The molecule has 0 bridgehead atoms. The normalized spacial score (nSPS) is 16.1. The molecular weight excluding hydrogens is 281 g/mol. The number of hydrogen-bond acceptors (Lipinski definition) is 2. The van der Waals surface area contributed by atoms with Crippen molar-refractivity contribution < 1.29 is 0 Å². The zero-order valence-corrected chi connectivity index (χ0v) is 13.3. The first kappa shape index (κ1) is 15.1. The Bertz CT molecular complexity index is 413. The van der Waals surface area contributed by atoms with E-state index in [1.54, 1.807) is 0 Å². The molecule has 0 N–H and O–H groups in total. The Kier molecular flexibility index (Phi) is 5.55. The molecule has 1 aromatic heterocycles. The molecule has 1 fully saturated rings. The molecule has 0 aliphatic heterocycles. The average molecular weight is 304 g/mol. The third-order valence-electron chi connectivity index (χ3n) is 4.03. The second-order valence-corrected chi connectivity index (χ2v) is 6.04. The lowest BCUT2D eigenvalue weighted by Gasteiger charge is -2.37. The lowest BCUT2D eigenvalue weighted by atomic mass is 9.91. The van der Waals surface area contributed by atoms with Crippen molar-refractivity contribution in [1.82, 2.24) is 14.7 Å². The van der Waals surface area contributed by atoms with Gasteiger partial charge in [0.15, 0.2) is 0 Å². The summed E-state index contributed by atoms with van der Waals surface area (Å²) in [7, 11) is 1.99. The van der Waals surface area contributed by atoms with Crippen molar-refractivity contribution in [2.75, 3.05) is 12.4 Å². The minimum atomic E-state index is 0.708. The summed E-state index contributed by atoms with van der Waals surface area (Å²) >= 11 is 12.3. The predicted octanol–water partition coefficient (Wildman–Crippen LogP) is 3.62. The van der Waals surface area contributed by atoms with Gasteiger partial charge in [0.1, 0.15) is 0 Å². The molecule has 1 aliphatic carbocycles. The molecule has 3 nitrogen and oxygen atoms in total. The fourth-order valence-corrected chi connectivity index (χ4v) is 3.06. The second-order valence-electron chi connectivity index (χ2n) is 5.28. The second kappa shape index (κ2) is 6.96. The van der Waals surface area contributed by atoms with Crippen LogP contribution in [-0.4, -0.2) is 33.1 Å². The van der Waals surface area contributed by atoms with E-state index in [-0.39, 0.29) is 0 Å². The van der Waals surface area contributed by atoms with Crippen molar-refractivity contribution in [3.63, 3.8) is 0 Å². The standard InChI is InChI=1S/C14H23Cl2N3/c1-3-12-14(16)13(18(2)17-12)10-19(9-5-8-15)11-6-4-7-11/h11H,3-10H2,1-2H3. The van der Waals surface area contributed by atoms with E-state index in [9.17, 15) is 0 Å². The van der Waals surface area contributed by atoms with Crippen molar-refractivity contribution >= 4 is 23.2 Å². The first-order chi connectivity index (χ1) is 9.17. The van der Waals surface area contributed by atoms with Crippen LogP contribution in [0.2, 0.25) is 5.02 Å². The van der Waals surface area contributed by atoms with E-state index in [0.717, 1.165) is 48.2 Å². The Morgan fingerprint density at radius 3 is 2.63 bits per heavy atom. The summed E-state index contributed by atoms with van der Waals surface area (Å²) in [6.45, 7) is 4.04. The highest BCUT2D eigenvalue weighted by atomic mass is 35.5. The van der Waals surface area contributed by atoms with Crippen LogP contribution in [0, 0.1) is 0 Å². The monoisotopic (exact) mass is 303 g/mol. The zero-order chi connectivity index (χ0) is 13.8. The fourth-order valence-electron chi connectivity index (χ4n) is 2.59. The molecule has 5 heteroatoms. The third-order valence-corrected chi connectivity index (χ3v) is 4.73. The third kappa shape index (κ3) is 3.45. The maximum atomic E-state index is 6.44. The average Bonchev–Trinajstić information content (AvgIpc) is 2.60. The molecule has 1 saturated carbocycles. The molecule has 0 saturated heterocycles. The van der Waals surface area contributed by atoms with Gasteiger partial charge in [0.2, 0.25) is 0 Å². The van der Waals surface area contributed by atoms with Gasteiger partial charge in [0.05, 0.1) is 16.4 Å². The molecule has 0 amide bonds. The van der Waals surface area contributed by atoms with Crippen molar-refractivity contribution in [2.45, 2.75) is 51.6 Å². The summed E-state index contributed by atoms with van der Waals surface area (Å²) in [6.07, 6.45) is 5.88. The highest BCUT2D eigenvalue weighted by molar-refractivity contribution is 6.31. The molecule has 19 heavy (non-hydrogen) atoms. The van der Waals surface area contributed by atoms with Crippen LogP contribution < -0.4 is 0 Å². The Morgan fingerprint density at radius 2 is 2.16 bits per heavy atom. The Morgan fingerprint density at radius 1 is 1.42 bits per heavy atom. The van der Waals surface area contributed by atoms with Crippen molar-refractivity contribution in [3.05, 3.63) is 16.4 Å². The lowest BCUT2D eigenvalue weighted by Crippen LogP contribution is -2.40. The first-order valence-electron chi connectivity index (χ1n) is 7.17. The number of rotatable bonds is 7. The number of halogens is 2. The number of aromatic nitrogens is 2. The van der Waals surface area contributed by atoms with Gasteiger partial charge >= 0.3 is 0 Å². The summed E-state index contributed by atoms with van der Waals surface area (Å²) in [4.78, 5) is 2.52. The number of hydrogen-bond donors (Lipinski definition) is 0. The van der Waals surface area contributed by atoms with Gasteiger partial charge in [-0.3, -0.25) is 9.58 Å². The molecular formula is C14H23Cl2N3. The van der Waals surface area contributed by atoms with Gasteiger partial charge in [-0.2, -0.15) is 5.10 Å². The Balaban J connectivity index is 2.09. The van der Waals surface area contributed by atoms with Crippen molar-refractivity contribution in [2.24, 2.45) is 7.05 Å². The van der Waals surface area contributed by atoms with E-state index in [0.29, 0.717) is 6.04 Å². The molecule has 0 aromatic carbocycles. The van der Waals surface area contributed by atoms with Crippen molar-refractivity contribution in [3.8, 4) is 0 Å². The highest BCUT2D eigenvalue weighted by Gasteiger charge is 2.26. The SMILES string of the molecule is CCc1nn(C)c(CN(CCCCl)C2CCC2)c1Cl. The zero-order valence-electron chi connectivity index (χ0n) is 11.8. The molecule has 1 aliphatic rings. The smallest absolute Gasteiger partial charge is 0.0863 e. The van der Waals surface area contributed by atoms with Crippen LogP contribution in [-0.2, 0) is 20.0 Å². The topological polar surface area (TPSA) is 21.1 Å². The maximum absolute atomic E-state index is 6.44. The van der Waals surface area contributed by atoms with Crippen LogP contribution in [0.15, 0.2) is 0 Å². The summed E-state index contributed by atoms with van der Waals surface area (Å²) in [5.74, 6) is 0.725. The van der Waals surface area contributed by atoms with Gasteiger partial charge in [0, 0.05) is 25.5 Å². The van der Waals surface area contributed by atoms with E-state index in [2.05, 4.69) is 16.9 Å². The largest absolute Gasteiger partial charge is 0.294 e. The summed E-state index contributed by atoms with van der Waals surface area (Å²) in [5, 5.41) is 5.34. The quantitative estimate of drug-likeness (QED) is 0.717. The van der Waals surface area contributed by atoms with E-state index >= 15 is 0 Å². The fraction of sp³-hybridized carbons (Fsp3) is 0.786. The maximum Gasteiger partial charge on any atom is 0.0863 e. The molecule has 1 heterocycles. The summed E-state index contributed by atoms with van der Waals surface area (Å²) in [6, 6.07) is 0.708. The van der Waals surface area contributed by atoms with E-state index < -0.39 is 0 Å². The predicted molar refractivity (Wildman–Crippen MR) is 81.0 cm³/mol. The van der Waals surface area contributed by atoms with Crippen LogP contribution in [0.3, 0.4) is 0 Å². The van der Waals surface area contributed by atoms with Crippen LogP contribution in [0.1, 0.15) is 44.0 Å². The van der Waals surface area contributed by atoms with Crippen LogP contribution in [0.25, 0.3) is 0 Å². The number of alkyl halides is 1. The molecule has 0 atom stereocenters. The molecule has 2 rings (SSSR count). The van der Waals surface area contributed by atoms with Gasteiger partial charge < -0.3 is 0 Å². The Hall–Kier alpha value is -0.250. The molecule has 108 valence electrons. The molecule has 0 unspecified atom stereocenters. The lowest BCUT2D eigenvalue weighted by molar-refractivity contribution is 0.117. The van der Waals surface area contributed by atoms with Gasteiger partial charge in [0.25, 0.3) is 0 Å². The van der Waals surface area contributed by atoms with Gasteiger partial charge in [-0.1, -0.05) is 24.9 Å². The number of aryl methyl sites for hydroxylation is 2. The van der Waals surface area contributed by atoms with Gasteiger partial charge in [-0.05, 0) is 32.2 Å². The highest BCUT2D eigenvalue weighted by Crippen LogP contribution is 2.29. The molecule has 0 spiro atoms. The van der Waals surface area contributed by atoms with Crippen LogP contribution >= 0.6 is 23.2 Å². The summed E-state index contributed by atoms with van der Waals surface area (Å²) in [5.41, 5.74) is 2.14. The van der Waals surface area contributed by atoms with E-state index in [1.165, 1.54) is 19.3 Å². The first-order valence-corrected chi connectivity index (χ1v) is 8.08. The van der Waals surface area contributed by atoms with Gasteiger partial charge in [-0.15, -0.1) is 11.6 Å². The summed E-state index contributed by atoms with van der Waals surface area (Å²) < 4.78 is 1.94. The van der Waals surface area contributed by atoms with E-state index in [1.807, 2.05) is 11.7 Å². The Labute approximate surface area is 125 Å². The molecule has 0 radical (unpaired) electrons. The molecule has 1 aromatic rings. The van der Waals surface area contributed by atoms with Crippen LogP contribution in [0.4, 0.5) is 0 Å².